The molecule has 0 bridgehead atoms. The summed E-state index contributed by atoms with van der Waals surface area (Å²) in [5.41, 5.74) is 1.45. The van der Waals surface area contributed by atoms with E-state index in [-0.39, 0.29) is 17.1 Å². The molecule has 28 heavy (non-hydrogen) atoms. The van der Waals surface area contributed by atoms with Crippen LogP contribution >= 0.6 is 0 Å². The Balaban J connectivity index is 1.75. The van der Waals surface area contributed by atoms with E-state index in [9.17, 15) is 13.6 Å². The quantitative estimate of drug-likeness (QED) is 0.627. The molecule has 0 aliphatic rings. The number of ether oxygens (including phenoxy) is 2. The lowest BCUT2D eigenvalue weighted by Gasteiger charge is -2.12. The fourth-order valence-corrected chi connectivity index (χ4v) is 2.40. The Labute approximate surface area is 158 Å². The summed E-state index contributed by atoms with van der Waals surface area (Å²) in [4.78, 5) is 12.2. The molecule has 0 saturated carbocycles. The molecule has 2 aromatic carbocycles. The van der Waals surface area contributed by atoms with Crippen LogP contribution in [0.3, 0.4) is 0 Å². The van der Waals surface area contributed by atoms with Gasteiger partial charge < -0.3 is 14.8 Å². The zero-order valence-corrected chi connectivity index (χ0v) is 14.6. The Morgan fingerprint density at radius 2 is 2.07 bits per heavy atom. The zero-order chi connectivity index (χ0) is 19.9. The second-order valence-electron chi connectivity index (χ2n) is 5.38. The van der Waals surface area contributed by atoms with E-state index in [0.717, 1.165) is 0 Å². The zero-order valence-electron chi connectivity index (χ0n) is 14.6. The van der Waals surface area contributed by atoms with Gasteiger partial charge in [0.25, 0.3) is 0 Å². The minimum absolute atomic E-state index is 0.136. The van der Waals surface area contributed by atoms with Gasteiger partial charge in [-0.3, -0.25) is 4.79 Å². The molecule has 8 nitrogen and oxygen atoms in total. The summed E-state index contributed by atoms with van der Waals surface area (Å²) in [5.74, 6) is -0.471. The Morgan fingerprint density at radius 1 is 1.25 bits per heavy atom. The second-order valence-corrected chi connectivity index (χ2v) is 5.38. The van der Waals surface area contributed by atoms with Crippen molar-refractivity contribution in [3.8, 4) is 17.2 Å². The number of methoxy groups -OCH3 is 1. The van der Waals surface area contributed by atoms with E-state index in [1.807, 2.05) is 0 Å². The van der Waals surface area contributed by atoms with Crippen LogP contribution < -0.4 is 14.8 Å². The minimum atomic E-state index is -3.02. The molecule has 0 fully saturated rings. The van der Waals surface area contributed by atoms with Crippen molar-refractivity contribution in [3.63, 3.8) is 0 Å². The molecule has 0 aliphatic carbocycles. The molecule has 0 unspecified atom stereocenters. The molecule has 0 atom stereocenters. The van der Waals surface area contributed by atoms with Gasteiger partial charge in [0.1, 0.15) is 6.33 Å². The second kappa shape index (κ2) is 8.71. The summed E-state index contributed by atoms with van der Waals surface area (Å²) in [7, 11) is 1.34. The van der Waals surface area contributed by atoms with Gasteiger partial charge in [0.2, 0.25) is 5.91 Å². The molecule has 0 spiro atoms. The van der Waals surface area contributed by atoms with Gasteiger partial charge in [-0.15, -0.1) is 5.10 Å². The number of halogens is 2. The summed E-state index contributed by atoms with van der Waals surface area (Å²) < 4.78 is 36.3. The average Bonchev–Trinajstić information content (AvgIpc) is 3.22. The van der Waals surface area contributed by atoms with E-state index in [0.29, 0.717) is 11.4 Å². The van der Waals surface area contributed by atoms with Crippen LogP contribution in [0.5, 0.6) is 11.5 Å². The fourth-order valence-electron chi connectivity index (χ4n) is 2.40. The van der Waals surface area contributed by atoms with Crippen molar-refractivity contribution in [3.05, 3.63) is 60.4 Å². The van der Waals surface area contributed by atoms with E-state index < -0.39 is 12.5 Å². The molecule has 1 heterocycles. The predicted octanol–water partition coefficient (Wildman–Crippen LogP) is 2.92. The van der Waals surface area contributed by atoms with Gasteiger partial charge in [-0.05, 0) is 40.8 Å². The first-order valence-corrected chi connectivity index (χ1v) is 8.01. The minimum Gasteiger partial charge on any atom is -0.493 e. The molecule has 3 aromatic rings. The number of carbonyl (C=O) groups excluding carboxylic acids is 1. The van der Waals surface area contributed by atoms with Gasteiger partial charge in [-0.25, -0.2) is 4.68 Å². The van der Waals surface area contributed by atoms with Crippen LogP contribution in [0.1, 0.15) is 5.56 Å². The summed E-state index contributed by atoms with van der Waals surface area (Å²) >= 11 is 0. The van der Waals surface area contributed by atoms with Crippen LogP contribution in [0.25, 0.3) is 11.8 Å². The normalized spacial score (nSPS) is 11.0. The van der Waals surface area contributed by atoms with E-state index in [1.54, 1.807) is 30.3 Å². The molecule has 0 saturated heterocycles. The highest BCUT2D eigenvalue weighted by Gasteiger charge is 2.14. The van der Waals surface area contributed by atoms with Crippen molar-refractivity contribution >= 4 is 17.7 Å². The fraction of sp³-hybridized carbons (Fsp3) is 0.111. The highest BCUT2D eigenvalue weighted by Crippen LogP contribution is 2.33. The number of aromatic nitrogens is 4. The third-order valence-electron chi connectivity index (χ3n) is 3.58. The van der Waals surface area contributed by atoms with Crippen LogP contribution in [-0.4, -0.2) is 39.8 Å². The number of nitrogens with one attached hydrogen (secondary N) is 1. The number of benzene rings is 2. The summed E-state index contributed by atoms with van der Waals surface area (Å²) in [5, 5.41) is 13.6. The molecule has 0 radical (unpaired) electrons. The van der Waals surface area contributed by atoms with Crippen molar-refractivity contribution in [2.45, 2.75) is 6.61 Å². The van der Waals surface area contributed by atoms with Crippen LogP contribution in [0.4, 0.5) is 14.5 Å². The van der Waals surface area contributed by atoms with E-state index in [4.69, 9.17) is 4.74 Å². The first-order chi connectivity index (χ1) is 13.6. The monoisotopic (exact) mass is 387 g/mol. The molecule has 1 aromatic heterocycles. The average molecular weight is 387 g/mol. The number of para-hydroxylation sites is 1. The maximum Gasteiger partial charge on any atom is 0.387 e. The molecule has 1 N–H and O–H groups in total. The lowest BCUT2D eigenvalue weighted by Crippen LogP contribution is -2.09. The summed E-state index contributed by atoms with van der Waals surface area (Å²) in [6, 6.07) is 11.5. The lowest BCUT2D eigenvalue weighted by molar-refractivity contribution is -0.111. The van der Waals surface area contributed by atoms with Crippen LogP contribution in [0.2, 0.25) is 0 Å². The highest BCUT2D eigenvalue weighted by molar-refractivity contribution is 6.02. The van der Waals surface area contributed by atoms with Gasteiger partial charge in [-0.1, -0.05) is 18.2 Å². The topological polar surface area (TPSA) is 91.2 Å². The first-order valence-electron chi connectivity index (χ1n) is 8.01. The molecule has 144 valence electrons. The number of hydrogen-bond acceptors (Lipinski definition) is 6. The number of amides is 1. The molecular weight excluding hydrogens is 372 g/mol. The molecular formula is C18H15F2N5O3. The number of carbonyl (C=O) groups is 1. The van der Waals surface area contributed by atoms with E-state index in [2.05, 4.69) is 25.6 Å². The third-order valence-corrected chi connectivity index (χ3v) is 3.58. The van der Waals surface area contributed by atoms with Gasteiger partial charge >= 0.3 is 6.61 Å². The summed E-state index contributed by atoms with van der Waals surface area (Å²) in [6.07, 6.45) is 3.99. The Kier molecular flexibility index (Phi) is 5.90. The van der Waals surface area contributed by atoms with Gasteiger partial charge in [0.15, 0.2) is 11.5 Å². The number of nitrogens with zero attached hydrogens (tertiary/aromatic N) is 4. The third kappa shape index (κ3) is 4.67. The van der Waals surface area contributed by atoms with Gasteiger partial charge in [0.05, 0.1) is 12.8 Å². The van der Waals surface area contributed by atoms with E-state index in [1.165, 1.54) is 42.4 Å². The Morgan fingerprint density at radius 3 is 2.79 bits per heavy atom. The smallest absolute Gasteiger partial charge is 0.387 e. The largest absolute Gasteiger partial charge is 0.493 e. The number of rotatable bonds is 7. The Hall–Kier alpha value is -3.82. The Bertz CT molecular complexity index is 977. The molecule has 1 amide bonds. The van der Waals surface area contributed by atoms with Crippen molar-refractivity contribution in [1.29, 1.82) is 0 Å². The summed E-state index contributed by atoms with van der Waals surface area (Å²) in [6.45, 7) is -3.02. The maximum atomic E-state index is 12.7. The number of anilines is 1. The van der Waals surface area contributed by atoms with Crippen molar-refractivity contribution < 1.29 is 23.0 Å². The standard InChI is InChI=1S/C18H15F2N5O3/c1-27-15-7-2-4-12(17(15)28-18(19)20)8-9-16(26)22-13-5-3-6-14(10-13)25-11-21-23-24-25/h2-11,18H,1H3,(H,22,26)/b9-8+. The highest BCUT2D eigenvalue weighted by atomic mass is 19.3. The van der Waals surface area contributed by atoms with E-state index >= 15 is 0 Å². The molecule has 0 aliphatic heterocycles. The number of tetrazole rings is 1. The number of hydrogen-bond donors (Lipinski definition) is 1. The van der Waals surface area contributed by atoms with Crippen LogP contribution in [-0.2, 0) is 4.79 Å². The van der Waals surface area contributed by atoms with Gasteiger partial charge in [0, 0.05) is 17.3 Å². The maximum absolute atomic E-state index is 12.7. The van der Waals surface area contributed by atoms with Crippen molar-refractivity contribution in [1.82, 2.24) is 20.2 Å². The van der Waals surface area contributed by atoms with Crippen LogP contribution in [0.15, 0.2) is 54.9 Å². The molecule has 10 heteroatoms. The number of alkyl halides is 2. The van der Waals surface area contributed by atoms with Gasteiger partial charge in [-0.2, -0.15) is 8.78 Å². The first kappa shape index (κ1) is 19.0. The van der Waals surface area contributed by atoms with Crippen LogP contribution in [0, 0.1) is 0 Å². The van der Waals surface area contributed by atoms with Crippen molar-refractivity contribution in [2.75, 3.05) is 12.4 Å². The SMILES string of the molecule is COc1cccc(/C=C/C(=O)Nc2cccc(-n3cnnn3)c2)c1OC(F)F. The lowest BCUT2D eigenvalue weighted by atomic mass is 10.1. The van der Waals surface area contributed by atoms with Crippen molar-refractivity contribution in [2.24, 2.45) is 0 Å². The molecule has 3 rings (SSSR count). The predicted molar refractivity (Wildman–Crippen MR) is 96.4 cm³/mol.